The van der Waals surface area contributed by atoms with E-state index in [9.17, 15) is 9.59 Å². The van der Waals surface area contributed by atoms with Gasteiger partial charge in [-0.15, -0.1) is 0 Å². The summed E-state index contributed by atoms with van der Waals surface area (Å²) in [6.07, 6.45) is 0. The molecule has 0 spiro atoms. The van der Waals surface area contributed by atoms with Gasteiger partial charge >= 0.3 is 5.97 Å². The SMILES string of the molecule is CCOC(=O)c1ccc2[nH]c3c(C(N)=O)ccc(Br)c3c2c1. The quantitative estimate of drug-likeness (QED) is 0.702. The number of rotatable bonds is 3. The first-order valence-electron chi connectivity index (χ1n) is 6.73. The van der Waals surface area contributed by atoms with Crippen LogP contribution in [0.4, 0.5) is 0 Å². The van der Waals surface area contributed by atoms with Crippen molar-refractivity contribution in [3.8, 4) is 0 Å². The Kier molecular flexibility index (Phi) is 3.62. The van der Waals surface area contributed by atoms with E-state index in [1.807, 2.05) is 0 Å². The Labute approximate surface area is 134 Å². The molecule has 0 bridgehead atoms. The Morgan fingerprint density at radius 2 is 2.05 bits per heavy atom. The highest BCUT2D eigenvalue weighted by atomic mass is 79.9. The molecule has 0 fully saturated rings. The minimum absolute atomic E-state index is 0.320. The first kappa shape index (κ1) is 14.6. The van der Waals surface area contributed by atoms with E-state index in [-0.39, 0.29) is 5.97 Å². The van der Waals surface area contributed by atoms with Crippen LogP contribution in [0.5, 0.6) is 0 Å². The maximum absolute atomic E-state index is 11.9. The molecule has 1 aromatic heterocycles. The normalized spacial score (nSPS) is 11.0. The van der Waals surface area contributed by atoms with Crippen molar-refractivity contribution in [2.45, 2.75) is 6.92 Å². The molecule has 0 unspecified atom stereocenters. The minimum Gasteiger partial charge on any atom is -0.462 e. The van der Waals surface area contributed by atoms with Gasteiger partial charge in [0.2, 0.25) is 0 Å². The van der Waals surface area contributed by atoms with Crippen molar-refractivity contribution >= 4 is 49.6 Å². The van der Waals surface area contributed by atoms with Crippen molar-refractivity contribution in [2.24, 2.45) is 5.73 Å². The number of primary amides is 1. The van der Waals surface area contributed by atoms with Crippen LogP contribution in [-0.2, 0) is 4.74 Å². The smallest absolute Gasteiger partial charge is 0.338 e. The summed E-state index contributed by atoms with van der Waals surface area (Å²) < 4.78 is 5.84. The molecule has 2 aromatic carbocycles. The predicted molar refractivity (Wildman–Crippen MR) is 88.0 cm³/mol. The fourth-order valence-corrected chi connectivity index (χ4v) is 3.06. The standard InChI is InChI=1S/C16H13BrN2O3/c1-2-22-16(21)8-3-6-12-10(7-8)13-11(17)5-4-9(15(18)20)14(13)19-12/h3-7,19H,2H2,1H3,(H2,18,20). The molecule has 3 aromatic rings. The summed E-state index contributed by atoms with van der Waals surface area (Å²) in [5.74, 6) is -0.879. The van der Waals surface area contributed by atoms with Crippen LogP contribution in [0.25, 0.3) is 21.8 Å². The number of hydrogen-bond donors (Lipinski definition) is 2. The Morgan fingerprint density at radius 3 is 2.73 bits per heavy atom. The largest absolute Gasteiger partial charge is 0.462 e. The first-order valence-corrected chi connectivity index (χ1v) is 7.53. The summed E-state index contributed by atoms with van der Waals surface area (Å²) in [7, 11) is 0. The molecule has 112 valence electrons. The number of fused-ring (bicyclic) bond motifs is 3. The molecule has 0 atom stereocenters. The van der Waals surface area contributed by atoms with E-state index in [0.717, 1.165) is 20.8 Å². The number of carbonyl (C=O) groups excluding carboxylic acids is 2. The second kappa shape index (κ2) is 5.46. The molecule has 3 N–H and O–H groups in total. The van der Waals surface area contributed by atoms with Crippen molar-refractivity contribution in [2.75, 3.05) is 6.61 Å². The van der Waals surface area contributed by atoms with E-state index in [1.54, 1.807) is 37.3 Å². The van der Waals surface area contributed by atoms with Crippen LogP contribution in [0.1, 0.15) is 27.6 Å². The molecule has 0 aliphatic carbocycles. The van der Waals surface area contributed by atoms with E-state index >= 15 is 0 Å². The number of halogens is 1. The predicted octanol–water partition coefficient (Wildman–Crippen LogP) is 3.36. The Balaban J connectivity index is 2.32. The number of hydrogen-bond acceptors (Lipinski definition) is 3. The van der Waals surface area contributed by atoms with Crippen molar-refractivity contribution < 1.29 is 14.3 Å². The van der Waals surface area contributed by atoms with Gasteiger partial charge in [0.25, 0.3) is 5.91 Å². The lowest BCUT2D eigenvalue weighted by atomic mass is 10.1. The summed E-state index contributed by atoms with van der Waals surface area (Å²) in [6.45, 7) is 2.08. The highest BCUT2D eigenvalue weighted by molar-refractivity contribution is 9.10. The van der Waals surface area contributed by atoms with Gasteiger partial charge in [0.15, 0.2) is 0 Å². The average Bonchev–Trinajstić information content (AvgIpc) is 2.86. The number of aromatic amines is 1. The van der Waals surface area contributed by atoms with Crippen LogP contribution in [-0.4, -0.2) is 23.5 Å². The maximum Gasteiger partial charge on any atom is 0.338 e. The van der Waals surface area contributed by atoms with Gasteiger partial charge in [-0.25, -0.2) is 4.79 Å². The third kappa shape index (κ3) is 2.25. The fourth-order valence-electron chi connectivity index (χ4n) is 2.51. The molecule has 0 saturated carbocycles. The number of nitrogens with one attached hydrogen (secondary N) is 1. The zero-order valence-corrected chi connectivity index (χ0v) is 13.4. The van der Waals surface area contributed by atoms with Crippen molar-refractivity contribution in [1.82, 2.24) is 4.98 Å². The molecule has 1 amide bonds. The monoisotopic (exact) mass is 360 g/mol. The van der Waals surface area contributed by atoms with Crippen LogP contribution in [0.2, 0.25) is 0 Å². The number of aromatic nitrogens is 1. The van der Waals surface area contributed by atoms with Gasteiger partial charge in [0.05, 0.1) is 23.3 Å². The second-order valence-electron chi connectivity index (χ2n) is 4.82. The average molecular weight is 361 g/mol. The van der Waals surface area contributed by atoms with Crippen molar-refractivity contribution in [1.29, 1.82) is 0 Å². The van der Waals surface area contributed by atoms with E-state index in [1.165, 1.54) is 0 Å². The van der Waals surface area contributed by atoms with Gasteiger partial charge in [-0.3, -0.25) is 4.79 Å². The van der Waals surface area contributed by atoms with Gasteiger partial charge in [0, 0.05) is 20.8 Å². The van der Waals surface area contributed by atoms with Gasteiger partial charge < -0.3 is 15.5 Å². The lowest BCUT2D eigenvalue weighted by molar-refractivity contribution is 0.0526. The number of esters is 1. The summed E-state index contributed by atoms with van der Waals surface area (Å²) in [6, 6.07) is 8.66. The minimum atomic E-state index is -0.505. The lowest BCUT2D eigenvalue weighted by Gasteiger charge is -2.02. The molecule has 0 aliphatic heterocycles. The van der Waals surface area contributed by atoms with Crippen molar-refractivity contribution in [3.63, 3.8) is 0 Å². The van der Waals surface area contributed by atoms with Crippen LogP contribution < -0.4 is 5.73 Å². The topological polar surface area (TPSA) is 85.2 Å². The number of H-pyrrole nitrogens is 1. The zero-order chi connectivity index (χ0) is 15.9. The molecule has 22 heavy (non-hydrogen) atoms. The Morgan fingerprint density at radius 1 is 1.27 bits per heavy atom. The number of carbonyl (C=O) groups is 2. The number of ether oxygens (including phenoxy) is 1. The van der Waals surface area contributed by atoms with Crippen molar-refractivity contribution in [3.05, 3.63) is 45.9 Å². The second-order valence-corrected chi connectivity index (χ2v) is 5.67. The fraction of sp³-hybridized carbons (Fsp3) is 0.125. The van der Waals surface area contributed by atoms with Crippen LogP contribution >= 0.6 is 15.9 Å². The molecule has 3 rings (SSSR count). The zero-order valence-electron chi connectivity index (χ0n) is 11.8. The molecule has 5 nitrogen and oxygen atoms in total. The van der Waals surface area contributed by atoms with Gasteiger partial charge in [0.1, 0.15) is 0 Å². The van der Waals surface area contributed by atoms with Crippen LogP contribution in [0.15, 0.2) is 34.8 Å². The molecule has 0 saturated heterocycles. The van der Waals surface area contributed by atoms with Crippen LogP contribution in [0.3, 0.4) is 0 Å². The maximum atomic E-state index is 11.9. The van der Waals surface area contributed by atoms with Gasteiger partial charge in [-0.05, 0) is 37.3 Å². The first-order chi connectivity index (χ1) is 10.5. The van der Waals surface area contributed by atoms with E-state index < -0.39 is 5.91 Å². The molecular formula is C16H13BrN2O3. The molecular weight excluding hydrogens is 348 g/mol. The summed E-state index contributed by atoms with van der Waals surface area (Å²) in [5.41, 5.74) is 7.76. The third-order valence-electron chi connectivity index (χ3n) is 3.48. The Bertz CT molecular complexity index is 915. The summed E-state index contributed by atoms with van der Waals surface area (Å²) in [4.78, 5) is 26.6. The molecule has 6 heteroatoms. The highest BCUT2D eigenvalue weighted by Gasteiger charge is 2.16. The van der Waals surface area contributed by atoms with E-state index in [4.69, 9.17) is 10.5 Å². The van der Waals surface area contributed by atoms with E-state index in [2.05, 4.69) is 20.9 Å². The molecule has 0 aliphatic rings. The number of nitrogens with two attached hydrogens (primary N) is 1. The summed E-state index contributed by atoms with van der Waals surface area (Å²) in [5, 5.41) is 1.65. The van der Waals surface area contributed by atoms with Crippen LogP contribution in [0, 0.1) is 0 Å². The molecule has 0 radical (unpaired) electrons. The van der Waals surface area contributed by atoms with Gasteiger partial charge in [-0.2, -0.15) is 0 Å². The summed E-state index contributed by atoms with van der Waals surface area (Å²) >= 11 is 3.48. The Hall–Kier alpha value is -2.34. The third-order valence-corrected chi connectivity index (χ3v) is 4.14. The van der Waals surface area contributed by atoms with Gasteiger partial charge in [-0.1, -0.05) is 15.9 Å². The highest BCUT2D eigenvalue weighted by Crippen LogP contribution is 2.34. The number of amides is 1. The number of benzene rings is 2. The lowest BCUT2D eigenvalue weighted by Crippen LogP contribution is -2.11. The molecule has 1 heterocycles. The van der Waals surface area contributed by atoms with E-state index in [0.29, 0.717) is 23.3 Å².